The van der Waals surface area contributed by atoms with E-state index >= 15 is 0 Å². The number of rotatable bonds is 5. The number of amides is 1. The van der Waals surface area contributed by atoms with Crippen LogP contribution in [0.25, 0.3) is 0 Å². The maximum atomic E-state index is 12.6. The molecule has 0 unspecified atom stereocenters. The maximum Gasteiger partial charge on any atom is 0.271 e. The number of carbonyl (C=O) groups is 1. The van der Waals surface area contributed by atoms with Crippen molar-refractivity contribution in [2.24, 2.45) is 0 Å². The van der Waals surface area contributed by atoms with E-state index in [-0.39, 0.29) is 11.7 Å². The Hall–Kier alpha value is -1.95. The molecule has 5 nitrogen and oxygen atoms in total. The molecule has 1 aromatic heterocycles. The summed E-state index contributed by atoms with van der Waals surface area (Å²) in [6, 6.07) is 6.68. The lowest BCUT2D eigenvalue weighted by molar-refractivity contribution is 0.0991. The second-order valence-corrected chi connectivity index (χ2v) is 5.12. The van der Waals surface area contributed by atoms with Gasteiger partial charge in [-0.3, -0.25) is 4.79 Å². The molecule has 6 heteroatoms. The monoisotopic (exact) mass is 291 g/mol. The van der Waals surface area contributed by atoms with E-state index in [1.165, 1.54) is 0 Å². The number of aromatic hydroxyl groups is 1. The first kappa shape index (κ1) is 14.5. The van der Waals surface area contributed by atoms with Crippen LogP contribution < -0.4 is 4.90 Å². The fourth-order valence-electron chi connectivity index (χ4n) is 2.00. The van der Waals surface area contributed by atoms with Gasteiger partial charge in [-0.2, -0.15) is 0 Å². The SMILES string of the molecule is CCCc1nnsc1C(=O)N(CC)c1cccc(O)c1. The number of carbonyl (C=O) groups excluding carboxylic acids is 1. The number of hydrogen-bond donors (Lipinski definition) is 1. The van der Waals surface area contributed by atoms with Gasteiger partial charge in [0, 0.05) is 18.3 Å². The van der Waals surface area contributed by atoms with Crippen LogP contribution in [0.3, 0.4) is 0 Å². The van der Waals surface area contributed by atoms with E-state index < -0.39 is 0 Å². The second-order valence-electron chi connectivity index (χ2n) is 4.37. The number of anilines is 1. The second kappa shape index (κ2) is 6.47. The van der Waals surface area contributed by atoms with Crippen LogP contribution in [0.5, 0.6) is 5.75 Å². The average Bonchev–Trinajstić information content (AvgIpc) is 2.88. The number of phenolic OH excluding ortho intramolecular Hbond substituents is 1. The molecule has 0 fully saturated rings. The molecule has 0 spiro atoms. The van der Waals surface area contributed by atoms with Crippen LogP contribution >= 0.6 is 11.5 Å². The molecule has 0 bridgehead atoms. The number of aryl methyl sites for hydroxylation is 1. The third-order valence-corrected chi connectivity index (χ3v) is 3.70. The van der Waals surface area contributed by atoms with E-state index in [0.29, 0.717) is 17.1 Å². The van der Waals surface area contributed by atoms with Gasteiger partial charge in [-0.15, -0.1) is 5.10 Å². The Bertz CT molecular complexity index is 598. The summed E-state index contributed by atoms with van der Waals surface area (Å²) in [6.45, 7) is 4.46. The summed E-state index contributed by atoms with van der Waals surface area (Å²) in [4.78, 5) is 14.8. The topological polar surface area (TPSA) is 66.3 Å². The largest absolute Gasteiger partial charge is 0.508 e. The molecule has 106 valence electrons. The minimum absolute atomic E-state index is 0.114. The van der Waals surface area contributed by atoms with Crippen molar-refractivity contribution in [3.05, 3.63) is 34.8 Å². The summed E-state index contributed by atoms with van der Waals surface area (Å²) in [7, 11) is 0. The first-order chi connectivity index (χ1) is 9.67. The van der Waals surface area contributed by atoms with E-state index in [9.17, 15) is 9.90 Å². The smallest absolute Gasteiger partial charge is 0.271 e. The minimum Gasteiger partial charge on any atom is -0.508 e. The van der Waals surface area contributed by atoms with Crippen molar-refractivity contribution in [3.8, 4) is 5.75 Å². The van der Waals surface area contributed by atoms with Crippen LogP contribution in [0.15, 0.2) is 24.3 Å². The van der Waals surface area contributed by atoms with Gasteiger partial charge >= 0.3 is 0 Å². The van der Waals surface area contributed by atoms with E-state index in [4.69, 9.17) is 0 Å². The van der Waals surface area contributed by atoms with Gasteiger partial charge in [-0.1, -0.05) is 23.9 Å². The summed E-state index contributed by atoms with van der Waals surface area (Å²) < 4.78 is 3.88. The van der Waals surface area contributed by atoms with Crippen molar-refractivity contribution in [1.29, 1.82) is 0 Å². The van der Waals surface area contributed by atoms with Crippen molar-refractivity contribution < 1.29 is 9.90 Å². The van der Waals surface area contributed by atoms with Gasteiger partial charge in [0.15, 0.2) is 0 Å². The van der Waals surface area contributed by atoms with Crippen LogP contribution in [0.1, 0.15) is 35.6 Å². The fraction of sp³-hybridized carbons (Fsp3) is 0.357. The molecule has 20 heavy (non-hydrogen) atoms. The Morgan fingerprint density at radius 3 is 2.85 bits per heavy atom. The highest BCUT2D eigenvalue weighted by Gasteiger charge is 2.22. The maximum absolute atomic E-state index is 12.6. The van der Waals surface area contributed by atoms with Gasteiger partial charge in [-0.25, -0.2) is 0 Å². The molecule has 0 aliphatic carbocycles. The van der Waals surface area contributed by atoms with Crippen molar-refractivity contribution in [2.45, 2.75) is 26.7 Å². The summed E-state index contributed by atoms with van der Waals surface area (Å²) in [5.74, 6) is 0.0292. The Morgan fingerprint density at radius 1 is 1.40 bits per heavy atom. The number of aromatic nitrogens is 2. The van der Waals surface area contributed by atoms with Gasteiger partial charge in [0.25, 0.3) is 5.91 Å². The van der Waals surface area contributed by atoms with Crippen LogP contribution in [-0.4, -0.2) is 27.1 Å². The highest BCUT2D eigenvalue weighted by molar-refractivity contribution is 7.08. The zero-order valence-electron chi connectivity index (χ0n) is 11.5. The van der Waals surface area contributed by atoms with Crippen LogP contribution in [0.4, 0.5) is 5.69 Å². The molecule has 0 atom stereocenters. The Kier molecular flexibility index (Phi) is 4.68. The Labute approximate surface area is 122 Å². The summed E-state index contributed by atoms with van der Waals surface area (Å²) in [5, 5.41) is 13.6. The molecule has 1 aromatic carbocycles. The number of hydrogen-bond acceptors (Lipinski definition) is 5. The van der Waals surface area contributed by atoms with E-state index in [1.54, 1.807) is 29.2 Å². The molecular formula is C14H17N3O2S. The van der Waals surface area contributed by atoms with E-state index in [2.05, 4.69) is 9.59 Å². The summed E-state index contributed by atoms with van der Waals surface area (Å²) in [6.07, 6.45) is 1.67. The first-order valence-corrected chi connectivity index (χ1v) is 7.36. The molecule has 0 aliphatic heterocycles. The first-order valence-electron chi connectivity index (χ1n) is 6.59. The molecule has 2 rings (SSSR count). The number of phenols is 1. The molecular weight excluding hydrogens is 274 g/mol. The van der Waals surface area contributed by atoms with Crippen LogP contribution in [0.2, 0.25) is 0 Å². The molecule has 1 heterocycles. The average molecular weight is 291 g/mol. The van der Waals surface area contributed by atoms with Crippen molar-refractivity contribution in [2.75, 3.05) is 11.4 Å². The van der Waals surface area contributed by atoms with Crippen molar-refractivity contribution in [1.82, 2.24) is 9.59 Å². The van der Waals surface area contributed by atoms with E-state index in [0.717, 1.165) is 30.1 Å². The molecule has 2 aromatic rings. The molecule has 1 N–H and O–H groups in total. The van der Waals surface area contributed by atoms with Crippen LogP contribution in [0, 0.1) is 0 Å². The normalized spacial score (nSPS) is 10.5. The quantitative estimate of drug-likeness (QED) is 0.920. The number of nitrogens with zero attached hydrogens (tertiary/aromatic N) is 3. The Morgan fingerprint density at radius 2 is 2.20 bits per heavy atom. The fourth-order valence-corrected chi connectivity index (χ4v) is 2.66. The summed E-state index contributed by atoms with van der Waals surface area (Å²) >= 11 is 1.13. The zero-order valence-corrected chi connectivity index (χ0v) is 12.4. The molecule has 0 radical (unpaired) electrons. The van der Waals surface area contributed by atoms with Gasteiger partial charge in [0.1, 0.15) is 10.6 Å². The Balaban J connectivity index is 2.31. The highest BCUT2D eigenvalue weighted by atomic mass is 32.1. The molecule has 0 saturated carbocycles. The van der Waals surface area contributed by atoms with Gasteiger partial charge in [0.05, 0.1) is 5.69 Å². The lowest BCUT2D eigenvalue weighted by Crippen LogP contribution is -2.30. The zero-order chi connectivity index (χ0) is 14.5. The predicted molar refractivity (Wildman–Crippen MR) is 79.4 cm³/mol. The predicted octanol–water partition coefficient (Wildman–Crippen LogP) is 2.86. The molecule has 0 aliphatic rings. The van der Waals surface area contributed by atoms with Crippen LogP contribution in [-0.2, 0) is 6.42 Å². The molecule has 0 saturated heterocycles. The standard InChI is InChI=1S/C14H17N3O2S/c1-3-6-12-13(20-16-15-12)14(19)17(4-2)10-7-5-8-11(18)9-10/h5,7-9,18H,3-4,6H2,1-2H3. The lowest BCUT2D eigenvalue weighted by atomic mass is 10.2. The van der Waals surface area contributed by atoms with Gasteiger partial charge < -0.3 is 10.0 Å². The van der Waals surface area contributed by atoms with Crippen molar-refractivity contribution >= 4 is 23.1 Å². The lowest BCUT2D eigenvalue weighted by Gasteiger charge is -2.20. The molecule has 1 amide bonds. The highest BCUT2D eigenvalue weighted by Crippen LogP contribution is 2.24. The third kappa shape index (κ3) is 2.96. The van der Waals surface area contributed by atoms with Gasteiger partial charge in [0.2, 0.25) is 0 Å². The summed E-state index contributed by atoms with van der Waals surface area (Å²) in [5.41, 5.74) is 1.43. The number of benzene rings is 1. The minimum atomic E-state index is -0.114. The third-order valence-electron chi connectivity index (χ3n) is 2.94. The van der Waals surface area contributed by atoms with E-state index in [1.807, 2.05) is 13.8 Å². The van der Waals surface area contributed by atoms with Gasteiger partial charge in [-0.05, 0) is 37.0 Å². The van der Waals surface area contributed by atoms with Crippen molar-refractivity contribution in [3.63, 3.8) is 0 Å².